The molecule has 0 atom stereocenters. The van der Waals surface area contributed by atoms with Gasteiger partial charge in [0.1, 0.15) is 0 Å². The van der Waals surface area contributed by atoms with Crippen molar-refractivity contribution in [3.63, 3.8) is 0 Å². The lowest BCUT2D eigenvalue weighted by molar-refractivity contribution is 0.695. The van der Waals surface area contributed by atoms with Crippen molar-refractivity contribution < 1.29 is 0 Å². The van der Waals surface area contributed by atoms with Gasteiger partial charge in [-0.25, -0.2) is 0 Å². The van der Waals surface area contributed by atoms with Crippen LogP contribution in [0.15, 0.2) is 6.07 Å². The fourth-order valence-electron chi connectivity index (χ4n) is 1.95. The molecule has 0 bridgehead atoms. The summed E-state index contributed by atoms with van der Waals surface area (Å²) in [6, 6.07) is 3.00. The van der Waals surface area contributed by atoms with Crippen LogP contribution in [0.25, 0.3) is 0 Å². The fourth-order valence-corrected chi connectivity index (χ4v) is 1.95. The average Bonchev–Trinajstić information content (AvgIpc) is 2.80. The molecule has 2 heteroatoms. The van der Waals surface area contributed by atoms with Gasteiger partial charge in [0.05, 0.1) is 0 Å². The van der Waals surface area contributed by atoms with E-state index in [1.807, 2.05) is 0 Å². The molecule has 2 rings (SSSR count). The lowest BCUT2D eigenvalue weighted by Gasteiger charge is -2.06. The van der Waals surface area contributed by atoms with Crippen LogP contribution in [0.4, 0.5) is 0 Å². The highest BCUT2D eigenvalue weighted by Gasteiger charge is 2.26. The molecule has 0 saturated heterocycles. The first kappa shape index (κ1) is 7.87. The van der Waals surface area contributed by atoms with Gasteiger partial charge >= 0.3 is 0 Å². The van der Waals surface area contributed by atoms with Gasteiger partial charge in [0.15, 0.2) is 0 Å². The predicted octanol–water partition coefficient (Wildman–Crippen LogP) is 1.90. The largest absolute Gasteiger partial charge is 0.346 e. The fraction of sp³-hybridized carbons (Fsp3) is 0.600. The number of hydrogen-bond acceptors (Lipinski definition) is 1. The van der Waals surface area contributed by atoms with E-state index >= 15 is 0 Å². The number of nitrogens with two attached hydrogens (primary N) is 1. The molecule has 1 saturated carbocycles. The summed E-state index contributed by atoms with van der Waals surface area (Å²) in [5.41, 5.74) is 9.69. The Balaban J connectivity index is 2.44. The van der Waals surface area contributed by atoms with E-state index in [1.54, 1.807) is 0 Å². The standard InChI is InChI=1S/C10H16N2/c1-7-5-9(6-11)8(2)12(7)10-3-4-10/h5,10H,3-4,6,11H2,1-2H3. The Morgan fingerprint density at radius 3 is 2.58 bits per heavy atom. The van der Waals surface area contributed by atoms with Gasteiger partial charge in [0.2, 0.25) is 0 Å². The summed E-state index contributed by atoms with van der Waals surface area (Å²) in [5.74, 6) is 0. The van der Waals surface area contributed by atoms with E-state index in [0.29, 0.717) is 6.54 Å². The number of aryl methyl sites for hydroxylation is 1. The van der Waals surface area contributed by atoms with E-state index in [-0.39, 0.29) is 0 Å². The molecule has 1 fully saturated rings. The van der Waals surface area contributed by atoms with Gasteiger partial charge in [-0.3, -0.25) is 0 Å². The molecule has 1 aliphatic carbocycles. The van der Waals surface area contributed by atoms with Crippen LogP contribution in [-0.2, 0) is 6.54 Å². The van der Waals surface area contributed by atoms with Gasteiger partial charge in [-0.05, 0) is 38.3 Å². The first-order chi connectivity index (χ1) is 5.74. The summed E-state index contributed by atoms with van der Waals surface area (Å²) >= 11 is 0. The molecule has 0 aliphatic heterocycles. The molecule has 0 unspecified atom stereocenters. The predicted molar refractivity (Wildman–Crippen MR) is 50.1 cm³/mol. The lowest BCUT2D eigenvalue weighted by atomic mass is 10.2. The van der Waals surface area contributed by atoms with Crippen LogP contribution in [0.1, 0.15) is 35.8 Å². The van der Waals surface area contributed by atoms with Gasteiger partial charge < -0.3 is 10.3 Å². The second kappa shape index (κ2) is 2.63. The third-order valence-corrected chi connectivity index (χ3v) is 2.72. The van der Waals surface area contributed by atoms with Crippen LogP contribution in [-0.4, -0.2) is 4.57 Å². The number of aromatic nitrogens is 1. The van der Waals surface area contributed by atoms with Crippen LogP contribution >= 0.6 is 0 Å². The Morgan fingerprint density at radius 2 is 2.17 bits per heavy atom. The van der Waals surface area contributed by atoms with Crippen molar-refractivity contribution >= 4 is 0 Å². The summed E-state index contributed by atoms with van der Waals surface area (Å²) < 4.78 is 2.43. The van der Waals surface area contributed by atoms with E-state index in [4.69, 9.17) is 5.73 Å². The summed E-state index contributed by atoms with van der Waals surface area (Å²) in [6.07, 6.45) is 2.70. The first-order valence-corrected chi connectivity index (χ1v) is 4.61. The monoisotopic (exact) mass is 164 g/mol. The van der Waals surface area contributed by atoms with Crippen molar-refractivity contribution in [3.8, 4) is 0 Å². The van der Waals surface area contributed by atoms with Crippen LogP contribution in [0.2, 0.25) is 0 Å². The molecule has 0 aromatic carbocycles. The van der Waals surface area contributed by atoms with Crippen LogP contribution in [0.3, 0.4) is 0 Å². The second-order valence-electron chi connectivity index (χ2n) is 3.70. The molecule has 1 aliphatic rings. The third-order valence-electron chi connectivity index (χ3n) is 2.72. The second-order valence-corrected chi connectivity index (χ2v) is 3.70. The summed E-state index contributed by atoms with van der Waals surface area (Å²) in [6.45, 7) is 5.02. The topological polar surface area (TPSA) is 30.9 Å². The summed E-state index contributed by atoms with van der Waals surface area (Å²) in [5, 5.41) is 0. The van der Waals surface area contributed by atoms with E-state index in [0.717, 1.165) is 6.04 Å². The Bertz CT molecular complexity index is 295. The molecule has 2 N–H and O–H groups in total. The van der Waals surface area contributed by atoms with Crippen molar-refractivity contribution in [1.82, 2.24) is 4.57 Å². The molecule has 1 heterocycles. The Labute approximate surface area is 73.4 Å². The zero-order chi connectivity index (χ0) is 8.72. The smallest absolute Gasteiger partial charge is 0.0337 e. The van der Waals surface area contributed by atoms with Crippen molar-refractivity contribution in [1.29, 1.82) is 0 Å². The summed E-state index contributed by atoms with van der Waals surface area (Å²) in [7, 11) is 0. The van der Waals surface area contributed by atoms with Crippen molar-refractivity contribution in [3.05, 3.63) is 23.0 Å². The number of hydrogen-bond donors (Lipinski definition) is 1. The molecular formula is C10H16N2. The SMILES string of the molecule is Cc1cc(CN)c(C)n1C1CC1. The van der Waals surface area contributed by atoms with Gasteiger partial charge in [-0.2, -0.15) is 0 Å². The Kier molecular flexibility index (Phi) is 1.72. The molecule has 0 radical (unpaired) electrons. The van der Waals surface area contributed by atoms with Crippen LogP contribution in [0, 0.1) is 13.8 Å². The van der Waals surface area contributed by atoms with Crippen molar-refractivity contribution in [2.75, 3.05) is 0 Å². The number of rotatable bonds is 2. The van der Waals surface area contributed by atoms with Gasteiger partial charge in [0, 0.05) is 24.0 Å². The van der Waals surface area contributed by atoms with E-state index in [9.17, 15) is 0 Å². The Morgan fingerprint density at radius 1 is 1.50 bits per heavy atom. The van der Waals surface area contributed by atoms with Crippen LogP contribution in [0.5, 0.6) is 0 Å². The van der Waals surface area contributed by atoms with Crippen molar-refractivity contribution in [2.45, 2.75) is 39.3 Å². The minimum atomic E-state index is 0.673. The minimum Gasteiger partial charge on any atom is -0.346 e. The summed E-state index contributed by atoms with van der Waals surface area (Å²) in [4.78, 5) is 0. The quantitative estimate of drug-likeness (QED) is 0.711. The average molecular weight is 164 g/mol. The van der Waals surface area contributed by atoms with Gasteiger partial charge in [-0.15, -0.1) is 0 Å². The maximum absolute atomic E-state index is 5.64. The highest BCUT2D eigenvalue weighted by atomic mass is 15.1. The molecule has 0 amide bonds. The molecular weight excluding hydrogens is 148 g/mol. The normalized spacial score (nSPS) is 16.9. The number of nitrogens with zero attached hydrogens (tertiary/aromatic N) is 1. The molecule has 66 valence electrons. The maximum Gasteiger partial charge on any atom is 0.0337 e. The zero-order valence-electron chi connectivity index (χ0n) is 7.80. The lowest BCUT2D eigenvalue weighted by Crippen LogP contribution is -2.01. The maximum atomic E-state index is 5.64. The van der Waals surface area contributed by atoms with Crippen LogP contribution < -0.4 is 5.73 Å². The highest BCUT2D eigenvalue weighted by molar-refractivity contribution is 5.28. The molecule has 2 nitrogen and oxygen atoms in total. The van der Waals surface area contributed by atoms with Crippen molar-refractivity contribution in [2.24, 2.45) is 5.73 Å². The van der Waals surface area contributed by atoms with Gasteiger partial charge in [0.25, 0.3) is 0 Å². The molecule has 12 heavy (non-hydrogen) atoms. The molecule has 0 spiro atoms. The Hall–Kier alpha value is -0.760. The van der Waals surface area contributed by atoms with E-state index in [1.165, 1.54) is 29.8 Å². The molecule has 1 aromatic heterocycles. The minimum absolute atomic E-state index is 0.673. The first-order valence-electron chi connectivity index (χ1n) is 4.61. The molecule has 1 aromatic rings. The highest BCUT2D eigenvalue weighted by Crippen LogP contribution is 2.38. The van der Waals surface area contributed by atoms with E-state index < -0.39 is 0 Å². The van der Waals surface area contributed by atoms with Gasteiger partial charge in [-0.1, -0.05) is 0 Å². The third kappa shape index (κ3) is 1.07. The van der Waals surface area contributed by atoms with E-state index in [2.05, 4.69) is 24.5 Å². The zero-order valence-corrected chi connectivity index (χ0v) is 7.80.